The minimum atomic E-state index is -0.301. The molecular weight excluding hydrogens is 160 g/mol. The highest BCUT2D eigenvalue weighted by molar-refractivity contribution is 5.56. The molecule has 0 aromatic carbocycles. The van der Waals surface area contributed by atoms with E-state index in [1.807, 2.05) is 6.08 Å². The predicted molar refractivity (Wildman–Crippen MR) is 52.0 cm³/mol. The summed E-state index contributed by atoms with van der Waals surface area (Å²) in [7, 11) is 0. The largest absolute Gasteiger partial charge is 0.388 e. The van der Waals surface area contributed by atoms with E-state index in [1.54, 1.807) is 0 Å². The number of hydrogen-bond acceptors (Lipinski definition) is 1. The summed E-state index contributed by atoms with van der Waals surface area (Å²) in [5.41, 5.74) is 2.67. The average Bonchev–Trinajstić information content (AvgIpc) is 2.56. The zero-order chi connectivity index (χ0) is 9.05. The molecular formula is C12H12O. The molecule has 0 saturated heterocycles. The van der Waals surface area contributed by atoms with Gasteiger partial charge in [-0.15, -0.1) is 0 Å². The topological polar surface area (TPSA) is 20.2 Å². The Morgan fingerprint density at radius 1 is 1.31 bits per heavy atom. The lowest BCUT2D eigenvalue weighted by atomic mass is 9.72. The van der Waals surface area contributed by atoms with Crippen LogP contribution in [0, 0.1) is 11.3 Å². The van der Waals surface area contributed by atoms with Gasteiger partial charge >= 0.3 is 0 Å². The molecule has 13 heavy (non-hydrogen) atoms. The van der Waals surface area contributed by atoms with Crippen LogP contribution < -0.4 is 0 Å². The lowest BCUT2D eigenvalue weighted by Gasteiger charge is -2.31. The summed E-state index contributed by atoms with van der Waals surface area (Å²) in [5.74, 6) is 0.263. The normalized spacial score (nSPS) is 44.8. The van der Waals surface area contributed by atoms with Crippen LogP contribution >= 0.6 is 0 Å². The molecule has 1 nitrogen and oxygen atoms in total. The van der Waals surface area contributed by atoms with E-state index >= 15 is 0 Å². The first-order valence-electron chi connectivity index (χ1n) is 4.70. The lowest BCUT2D eigenvalue weighted by Crippen LogP contribution is -2.27. The first-order chi connectivity index (χ1) is 6.23. The maximum atomic E-state index is 9.82. The highest BCUT2D eigenvalue weighted by atomic mass is 16.3. The van der Waals surface area contributed by atoms with Crippen LogP contribution in [0.15, 0.2) is 47.6 Å². The fourth-order valence-corrected chi connectivity index (χ4v) is 2.75. The Hall–Kier alpha value is -1.08. The summed E-state index contributed by atoms with van der Waals surface area (Å²) in [6.07, 6.45) is 12.3. The average molecular weight is 172 g/mol. The zero-order valence-electron chi connectivity index (χ0n) is 7.57. The third-order valence-corrected chi connectivity index (χ3v) is 3.62. The molecule has 0 unspecified atom stereocenters. The van der Waals surface area contributed by atoms with Crippen LogP contribution in [0.25, 0.3) is 0 Å². The lowest BCUT2D eigenvalue weighted by molar-refractivity contribution is 0.154. The summed E-state index contributed by atoms with van der Waals surface area (Å²) >= 11 is 0. The van der Waals surface area contributed by atoms with Crippen molar-refractivity contribution in [1.29, 1.82) is 0 Å². The molecule has 0 fully saturated rings. The second-order valence-corrected chi connectivity index (χ2v) is 4.18. The van der Waals surface area contributed by atoms with Gasteiger partial charge in [0.25, 0.3) is 0 Å². The van der Waals surface area contributed by atoms with Gasteiger partial charge in [-0.2, -0.15) is 0 Å². The number of hydrogen-bond donors (Lipinski definition) is 1. The van der Waals surface area contributed by atoms with E-state index in [9.17, 15) is 5.11 Å². The fraction of sp³-hybridized carbons (Fsp3) is 0.333. The van der Waals surface area contributed by atoms with Gasteiger partial charge < -0.3 is 5.11 Å². The van der Waals surface area contributed by atoms with Crippen molar-refractivity contribution in [1.82, 2.24) is 0 Å². The molecule has 0 radical (unpaired) electrons. The first kappa shape index (κ1) is 7.34. The van der Waals surface area contributed by atoms with Gasteiger partial charge in [-0.25, -0.2) is 0 Å². The van der Waals surface area contributed by atoms with Crippen molar-refractivity contribution >= 4 is 0 Å². The van der Waals surface area contributed by atoms with Crippen LogP contribution in [0.4, 0.5) is 0 Å². The number of allylic oxidation sites excluding steroid dienone is 6. The van der Waals surface area contributed by atoms with Gasteiger partial charge in [-0.3, -0.25) is 0 Å². The first-order valence-corrected chi connectivity index (χ1v) is 4.70. The maximum Gasteiger partial charge on any atom is 0.0801 e. The van der Waals surface area contributed by atoms with Crippen molar-refractivity contribution in [3.05, 3.63) is 47.6 Å². The van der Waals surface area contributed by atoms with Gasteiger partial charge in [0, 0.05) is 11.3 Å². The van der Waals surface area contributed by atoms with Gasteiger partial charge in [0.05, 0.1) is 6.10 Å². The van der Waals surface area contributed by atoms with Gasteiger partial charge in [0.15, 0.2) is 0 Å². The fourth-order valence-electron chi connectivity index (χ4n) is 2.75. The molecule has 1 heteroatoms. The summed E-state index contributed by atoms with van der Waals surface area (Å²) in [6, 6.07) is 0. The minimum Gasteiger partial charge on any atom is -0.388 e. The van der Waals surface area contributed by atoms with E-state index < -0.39 is 0 Å². The molecule has 0 saturated carbocycles. The molecule has 66 valence electrons. The van der Waals surface area contributed by atoms with Crippen LogP contribution in [-0.4, -0.2) is 11.2 Å². The van der Waals surface area contributed by atoms with Crippen molar-refractivity contribution in [2.45, 2.75) is 13.0 Å². The van der Waals surface area contributed by atoms with E-state index in [4.69, 9.17) is 0 Å². The molecule has 0 heterocycles. The van der Waals surface area contributed by atoms with Gasteiger partial charge in [-0.1, -0.05) is 43.4 Å². The number of aliphatic hydroxyl groups excluding tert-OH is 1. The van der Waals surface area contributed by atoms with Crippen molar-refractivity contribution in [3.8, 4) is 0 Å². The number of aliphatic hydroxyl groups is 1. The van der Waals surface area contributed by atoms with E-state index in [2.05, 4.69) is 37.3 Å². The summed E-state index contributed by atoms with van der Waals surface area (Å²) in [4.78, 5) is 0. The van der Waals surface area contributed by atoms with E-state index in [1.165, 1.54) is 11.1 Å². The summed E-state index contributed by atoms with van der Waals surface area (Å²) < 4.78 is 0. The third-order valence-electron chi connectivity index (χ3n) is 3.62. The monoisotopic (exact) mass is 172 g/mol. The van der Waals surface area contributed by atoms with Crippen molar-refractivity contribution in [2.75, 3.05) is 0 Å². The Bertz CT molecular complexity index is 384. The van der Waals surface area contributed by atoms with Crippen LogP contribution in [-0.2, 0) is 0 Å². The molecule has 0 aliphatic heterocycles. The molecule has 1 N–H and O–H groups in total. The zero-order valence-corrected chi connectivity index (χ0v) is 7.57. The number of rotatable bonds is 0. The molecule has 0 amide bonds. The predicted octanol–water partition coefficient (Wildman–Crippen LogP) is 1.98. The standard InChI is InChI=1S/C12H12O/c1-12-8-3-2-4-9(12)7-11(13)10(12)6-5-8/h2-7,10-11,13H,1H3/t10-,11+,12+/m1/s1. The molecule has 0 aromatic heterocycles. The van der Waals surface area contributed by atoms with E-state index in [0.29, 0.717) is 0 Å². The molecule has 0 spiro atoms. The molecule has 0 aromatic rings. The van der Waals surface area contributed by atoms with Crippen molar-refractivity contribution in [2.24, 2.45) is 11.3 Å². The van der Waals surface area contributed by atoms with Crippen LogP contribution in [0.5, 0.6) is 0 Å². The Balaban J connectivity index is 2.25. The Morgan fingerprint density at radius 2 is 2.15 bits per heavy atom. The maximum absolute atomic E-state index is 9.82. The van der Waals surface area contributed by atoms with Crippen LogP contribution in [0.2, 0.25) is 0 Å². The molecule has 3 rings (SSSR count). The summed E-state index contributed by atoms with van der Waals surface area (Å²) in [5, 5.41) is 9.82. The minimum absolute atomic E-state index is 0.0637. The second-order valence-electron chi connectivity index (χ2n) is 4.18. The van der Waals surface area contributed by atoms with Gasteiger partial charge in [-0.05, 0) is 11.1 Å². The van der Waals surface area contributed by atoms with Crippen LogP contribution in [0.3, 0.4) is 0 Å². The quantitative estimate of drug-likeness (QED) is 0.592. The molecule has 3 aliphatic rings. The SMILES string of the molecule is C[C@]12C3=CC=CC1=C[C@H](O)[C@H]2C=C3. The highest BCUT2D eigenvalue weighted by Gasteiger charge is 2.49. The molecule has 3 atom stereocenters. The Labute approximate surface area is 77.8 Å². The van der Waals surface area contributed by atoms with E-state index in [0.717, 1.165) is 0 Å². The smallest absolute Gasteiger partial charge is 0.0801 e. The molecule has 0 bridgehead atoms. The van der Waals surface area contributed by atoms with Crippen LogP contribution in [0.1, 0.15) is 6.92 Å². The van der Waals surface area contributed by atoms with Gasteiger partial charge in [0.2, 0.25) is 0 Å². The second kappa shape index (κ2) is 2.05. The Morgan fingerprint density at radius 3 is 3.00 bits per heavy atom. The van der Waals surface area contributed by atoms with Crippen molar-refractivity contribution in [3.63, 3.8) is 0 Å². The Kier molecular flexibility index (Phi) is 1.15. The summed E-state index contributed by atoms with van der Waals surface area (Å²) in [6.45, 7) is 2.22. The van der Waals surface area contributed by atoms with Crippen molar-refractivity contribution < 1.29 is 5.11 Å². The van der Waals surface area contributed by atoms with Gasteiger partial charge in [0.1, 0.15) is 0 Å². The highest BCUT2D eigenvalue weighted by Crippen LogP contribution is 2.55. The van der Waals surface area contributed by atoms with E-state index in [-0.39, 0.29) is 17.4 Å². The molecule has 3 aliphatic carbocycles. The third kappa shape index (κ3) is 0.673.